The van der Waals surface area contributed by atoms with Crippen molar-refractivity contribution in [3.05, 3.63) is 112 Å². The van der Waals surface area contributed by atoms with Crippen LogP contribution in [0.2, 0.25) is 0 Å². The van der Waals surface area contributed by atoms with E-state index in [0.29, 0.717) is 12.5 Å². The fourth-order valence-electron chi connectivity index (χ4n) is 4.72. The van der Waals surface area contributed by atoms with Crippen molar-refractivity contribution in [2.24, 2.45) is 0 Å². The minimum Gasteiger partial charge on any atom is -0.466 e. The van der Waals surface area contributed by atoms with Crippen LogP contribution in [0.25, 0.3) is 0 Å². The first-order valence-electron chi connectivity index (χ1n) is 11.7. The molecule has 3 aromatic heterocycles. The van der Waals surface area contributed by atoms with Crippen molar-refractivity contribution in [1.82, 2.24) is 19.9 Å². The summed E-state index contributed by atoms with van der Waals surface area (Å²) >= 11 is 0. The van der Waals surface area contributed by atoms with Gasteiger partial charge >= 0.3 is 0 Å². The highest BCUT2D eigenvalue weighted by molar-refractivity contribution is 5.30. The molecule has 1 aliphatic heterocycles. The van der Waals surface area contributed by atoms with Crippen LogP contribution in [0.3, 0.4) is 0 Å². The zero-order chi connectivity index (χ0) is 23.3. The number of rotatable bonds is 8. The molecule has 0 aliphatic carbocycles. The second-order valence-corrected chi connectivity index (χ2v) is 8.89. The summed E-state index contributed by atoms with van der Waals surface area (Å²) in [6, 6.07) is 20.1. The molecule has 0 radical (unpaired) electrons. The lowest BCUT2D eigenvalue weighted by Crippen LogP contribution is -2.21. The summed E-state index contributed by atoms with van der Waals surface area (Å²) in [6.45, 7) is 5.15. The highest BCUT2D eigenvalue weighted by Gasteiger charge is 2.38. The zero-order valence-corrected chi connectivity index (χ0v) is 19.3. The van der Waals surface area contributed by atoms with Gasteiger partial charge < -0.3 is 9.73 Å². The number of hydrogen-bond donors (Lipinski definition) is 2. The summed E-state index contributed by atoms with van der Waals surface area (Å²) < 4.78 is 6.03. The number of likely N-dealkylation sites (tertiary alicyclic amines) is 1. The number of furan rings is 1. The zero-order valence-electron chi connectivity index (χ0n) is 19.3. The van der Waals surface area contributed by atoms with Gasteiger partial charge in [0.1, 0.15) is 11.5 Å². The number of aromatic nitrogens is 3. The van der Waals surface area contributed by atoms with Crippen LogP contribution in [-0.4, -0.2) is 39.5 Å². The van der Waals surface area contributed by atoms with Crippen molar-refractivity contribution in [2.45, 2.75) is 31.7 Å². The van der Waals surface area contributed by atoms with Crippen molar-refractivity contribution < 1.29 is 4.42 Å². The lowest BCUT2D eigenvalue weighted by atomic mass is 9.90. The maximum absolute atomic E-state index is 12.5. The Balaban J connectivity index is 1.36. The Morgan fingerprint density at radius 2 is 1.82 bits per heavy atom. The van der Waals surface area contributed by atoms with E-state index >= 15 is 0 Å². The van der Waals surface area contributed by atoms with E-state index in [4.69, 9.17) is 9.40 Å². The number of hydrogen-bond acceptors (Lipinski definition) is 6. The first kappa shape index (κ1) is 22.1. The first-order chi connectivity index (χ1) is 16.6. The fraction of sp³-hybridized carbons (Fsp3) is 0.296. The Bertz CT molecular complexity index is 1270. The summed E-state index contributed by atoms with van der Waals surface area (Å²) in [4.78, 5) is 26.7. The molecule has 1 saturated heterocycles. The highest BCUT2D eigenvalue weighted by atomic mass is 16.3. The van der Waals surface area contributed by atoms with Gasteiger partial charge in [0.2, 0.25) is 5.95 Å². The Labute approximate surface area is 198 Å². The van der Waals surface area contributed by atoms with Crippen LogP contribution in [0.15, 0.2) is 82.3 Å². The number of anilines is 1. The van der Waals surface area contributed by atoms with Crippen LogP contribution in [0.5, 0.6) is 0 Å². The SMILES string of the molecule is Cc1ccc(C2CN(Cc3ccccc3)CC2c2cc(=O)[nH]c(NCCc3ccncc3)n2)o1. The number of nitrogens with one attached hydrogen (secondary N) is 2. The average molecular weight is 456 g/mol. The van der Waals surface area contributed by atoms with Gasteiger partial charge in [-0.15, -0.1) is 0 Å². The van der Waals surface area contributed by atoms with E-state index in [-0.39, 0.29) is 17.4 Å². The standard InChI is InChI=1S/C27H29N5O2/c1-19-7-8-25(34-19)23-18-32(16-21-5-3-2-4-6-21)17-22(23)24-15-26(33)31-27(30-24)29-14-11-20-9-12-28-13-10-20/h2-10,12-13,15,22-23H,11,14,16-18H2,1H3,(H2,29,30,31,33). The Morgan fingerprint density at radius 3 is 2.59 bits per heavy atom. The summed E-state index contributed by atoms with van der Waals surface area (Å²) in [7, 11) is 0. The molecule has 2 unspecified atom stereocenters. The molecular formula is C27H29N5O2. The van der Waals surface area contributed by atoms with Gasteiger partial charge in [0.25, 0.3) is 5.56 Å². The fourth-order valence-corrected chi connectivity index (χ4v) is 4.72. The third-order valence-electron chi connectivity index (χ3n) is 6.37. The quantitative estimate of drug-likeness (QED) is 0.416. The summed E-state index contributed by atoms with van der Waals surface area (Å²) in [5, 5.41) is 3.28. The number of pyridine rings is 1. The van der Waals surface area contributed by atoms with E-state index < -0.39 is 0 Å². The molecule has 7 nitrogen and oxygen atoms in total. The average Bonchev–Trinajstić information content (AvgIpc) is 3.46. The highest BCUT2D eigenvalue weighted by Crippen LogP contribution is 2.40. The second-order valence-electron chi connectivity index (χ2n) is 8.89. The topological polar surface area (TPSA) is 87.0 Å². The number of aryl methyl sites for hydroxylation is 1. The van der Waals surface area contributed by atoms with Crippen molar-refractivity contribution in [3.63, 3.8) is 0 Å². The smallest absolute Gasteiger partial charge is 0.252 e. The third kappa shape index (κ3) is 5.26. The minimum atomic E-state index is -0.146. The molecular weight excluding hydrogens is 426 g/mol. The largest absolute Gasteiger partial charge is 0.466 e. The van der Waals surface area contributed by atoms with Gasteiger partial charge in [0, 0.05) is 56.5 Å². The Kier molecular flexibility index (Phi) is 6.53. The lowest BCUT2D eigenvalue weighted by Gasteiger charge is -2.17. The summed E-state index contributed by atoms with van der Waals surface area (Å²) in [5.41, 5.74) is 3.11. The molecule has 174 valence electrons. The molecule has 4 heterocycles. The van der Waals surface area contributed by atoms with Crippen molar-refractivity contribution in [1.29, 1.82) is 0 Å². The molecule has 1 aromatic carbocycles. The lowest BCUT2D eigenvalue weighted by molar-refractivity contribution is 0.319. The van der Waals surface area contributed by atoms with E-state index in [1.807, 2.05) is 31.2 Å². The van der Waals surface area contributed by atoms with Gasteiger partial charge in [0.15, 0.2) is 0 Å². The van der Waals surface area contributed by atoms with Crippen LogP contribution < -0.4 is 10.9 Å². The first-order valence-corrected chi connectivity index (χ1v) is 11.7. The number of nitrogens with zero attached hydrogens (tertiary/aromatic N) is 3. The molecule has 34 heavy (non-hydrogen) atoms. The van der Waals surface area contributed by atoms with Gasteiger partial charge in [-0.05, 0) is 48.7 Å². The normalized spacial score (nSPS) is 18.3. The summed E-state index contributed by atoms with van der Waals surface area (Å²) in [5.74, 6) is 2.56. The number of H-pyrrole nitrogens is 1. The molecule has 7 heteroatoms. The third-order valence-corrected chi connectivity index (χ3v) is 6.37. The molecule has 4 aromatic rings. The molecule has 0 amide bonds. The van der Waals surface area contributed by atoms with E-state index in [2.05, 4.69) is 50.5 Å². The maximum Gasteiger partial charge on any atom is 0.252 e. The predicted molar refractivity (Wildman–Crippen MR) is 132 cm³/mol. The van der Waals surface area contributed by atoms with Crippen LogP contribution in [0, 0.1) is 6.92 Å². The van der Waals surface area contributed by atoms with E-state index in [1.165, 1.54) is 11.1 Å². The number of aromatic amines is 1. The van der Waals surface area contributed by atoms with Gasteiger partial charge in [-0.2, -0.15) is 0 Å². The Morgan fingerprint density at radius 1 is 1.03 bits per heavy atom. The van der Waals surface area contributed by atoms with Crippen LogP contribution in [0.1, 0.15) is 40.2 Å². The predicted octanol–water partition coefficient (Wildman–Crippen LogP) is 4.10. The van der Waals surface area contributed by atoms with Gasteiger partial charge in [-0.1, -0.05) is 30.3 Å². The van der Waals surface area contributed by atoms with Crippen molar-refractivity contribution in [3.8, 4) is 0 Å². The molecule has 0 saturated carbocycles. The van der Waals surface area contributed by atoms with Crippen LogP contribution in [0.4, 0.5) is 5.95 Å². The van der Waals surface area contributed by atoms with E-state index in [0.717, 1.165) is 43.3 Å². The van der Waals surface area contributed by atoms with Crippen LogP contribution >= 0.6 is 0 Å². The molecule has 0 bridgehead atoms. The maximum atomic E-state index is 12.5. The molecule has 1 fully saturated rings. The molecule has 2 atom stereocenters. The molecule has 5 rings (SSSR count). The second kappa shape index (κ2) is 10.1. The van der Waals surface area contributed by atoms with E-state index in [9.17, 15) is 4.79 Å². The van der Waals surface area contributed by atoms with Crippen molar-refractivity contribution in [2.75, 3.05) is 25.0 Å². The summed E-state index contributed by atoms with van der Waals surface area (Å²) in [6.07, 6.45) is 4.39. The van der Waals surface area contributed by atoms with Gasteiger partial charge in [0.05, 0.1) is 5.69 Å². The van der Waals surface area contributed by atoms with Gasteiger partial charge in [-0.3, -0.25) is 19.7 Å². The monoisotopic (exact) mass is 455 g/mol. The minimum absolute atomic E-state index is 0.0670. The van der Waals surface area contributed by atoms with Crippen molar-refractivity contribution >= 4 is 5.95 Å². The number of benzene rings is 1. The molecule has 2 N–H and O–H groups in total. The molecule has 0 spiro atoms. The Hall–Kier alpha value is -3.71. The molecule has 1 aliphatic rings. The van der Waals surface area contributed by atoms with Crippen LogP contribution in [-0.2, 0) is 13.0 Å². The van der Waals surface area contributed by atoms with Gasteiger partial charge in [-0.25, -0.2) is 4.98 Å². The van der Waals surface area contributed by atoms with E-state index in [1.54, 1.807) is 18.5 Å².